The quantitative estimate of drug-likeness (QED) is 0.728. The lowest BCUT2D eigenvalue weighted by molar-refractivity contribution is -0.131. The number of likely N-dealkylation sites (tertiary alicyclic amines) is 1. The fourth-order valence-corrected chi connectivity index (χ4v) is 3.03. The maximum Gasteiger partial charge on any atom is 0.287 e. The monoisotopic (exact) mass is 374 g/mol. The fraction of sp³-hybridized carbons (Fsp3) is 0.353. The standard InChI is InChI=1S/C17H20BClN4O3/c18-11-1-2-13(19)15(9-11)26-12-4-7-23(8-5-12)16(24)10-20-14-3-6-21-22-17(14)25/h1-3,6,9,12H,4-5,7-8,10,18H2,(H,20,21)(H,22,25). The van der Waals surface area contributed by atoms with Crippen molar-refractivity contribution in [3.8, 4) is 5.75 Å². The van der Waals surface area contributed by atoms with Gasteiger partial charge in [0.1, 0.15) is 25.4 Å². The van der Waals surface area contributed by atoms with Gasteiger partial charge >= 0.3 is 0 Å². The number of halogens is 1. The third kappa shape index (κ3) is 4.57. The van der Waals surface area contributed by atoms with Crippen LogP contribution in [0.15, 0.2) is 35.3 Å². The van der Waals surface area contributed by atoms with Crippen molar-refractivity contribution in [2.45, 2.75) is 18.9 Å². The minimum absolute atomic E-state index is 0.0364. The number of carbonyl (C=O) groups is 1. The number of amides is 1. The molecule has 136 valence electrons. The predicted octanol–water partition coefficient (Wildman–Crippen LogP) is 0.164. The molecule has 0 unspecified atom stereocenters. The molecule has 0 bridgehead atoms. The summed E-state index contributed by atoms with van der Waals surface area (Å²) >= 11 is 6.18. The highest BCUT2D eigenvalue weighted by Gasteiger charge is 2.24. The van der Waals surface area contributed by atoms with E-state index >= 15 is 0 Å². The molecule has 0 aliphatic carbocycles. The lowest BCUT2D eigenvalue weighted by Gasteiger charge is -2.32. The minimum Gasteiger partial charge on any atom is -0.489 e. The van der Waals surface area contributed by atoms with Crippen molar-refractivity contribution in [1.29, 1.82) is 0 Å². The van der Waals surface area contributed by atoms with E-state index < -0.39 is 0 Å². The molecular weight excluding hydrogens is 354 g/mol. The lowest BCUT2D eigenvalue weighted by atomic mass is 9.96. The minimum atomic E-state index is -0.345. The normalized spacial score (nSPS) is 14.9. The van der Waals surface area contributed by atoms with Crippen molar-refractivity contribution >= 4 is 36.5 Å². The molecule has 1 aromatic heterocycles. The fourth-order valence-electron chi connectivity index (χ4n) is 2.87. The zero-order valence-electron chi connectivity index (χ0n) is 14.5. The van der Waals surface area contributed by atoms with Crippen molar-refractivity contribution in [2.75, 3.05) is 25.0 Å². The third-order valence-electron chi connectivity index (χ3n) is 4.33. The van der Waals surface area contributed by atoms with Gasteiger partial charge in [0.2, 0.25) is 5.91 Å². The highest BCUT2D eigenvalue weighted by molar-refractivity contribution is 6.35. The molecule has 1 aromatic carbocycles. The van der Waals surface area contributed by atoms with E-state index in [4.69, 9.17) is 16.3 Å². The van der Waals surface area contributed by atoms with Crippen LogP contribution in [-0.2, 0) is 4.79 Å². The molecular formula is C17H20BClN4O3. The lowest BCUT2D eigenvalue weighted by Crippen LogP contribution is -2.44. The summed E-state index contributed by atoms with van der Waals surface area (Å²) in [5.74, 6) is 0.642. The molecule has 1 saturated heterocycles. The smallest absolute Gasteiger partial charge is 0.287 e. The number of rotatable bonds is 5. The molecule has 0 atom stereocenters. The van der Waals surface area contributed by atoms with Crippen molar-refractivity contribution in [3.63, 3.8) is 0 Å². The number of benzene rings is 1. The SMILES string of the molecule is Bc1ccc(Cl)c(OC2CCN(C(=O)CNc3ccn[nH]c3=O)CC2)c1. The van der Waals surface area contributed by atoms with Crippen LogP contribution in [0.25, 0.3) is 0 Å². The van der Waals surface area contributed by atoms with E-state index in [0.29, 0.717) is 29.5 Å². The molecule has 7 nitrogen and oxygen atoms in total. The van der Waals surface area contributed by atoms with Crippen LogP contribution in [0.1, 0.15) is 12.8 Å². The molecule has 0 spiro atoms. The summed E-state index contributed by atoms with van der Waals surface area (Å²) in [6.07, 6.45) is 2.99. The summed E-state index contributed by atoms with van der Waals surface area (Å²) in [7, 11) is 1.99. The Hall–Kier alpha value is -2.48. The van der Waals surface area contributed by atoms with Crippen molar-refractivity contribution in [1.82, 2.24) is 15.1 Å². The molecule has 1 amide bonds. The number of carbonyl (C=O) groups excluding carboxylic acids is 1. The summed E-state index contributed by atoms with van der Waals surface area (Å²) < 4.78 is 6.00. The molecule has 2 N–H and O–H groups in total. The van der Waals surface area contributed by atoms with E-state index in [1.807, 2.05) is 26.0 Å². The number of nitrogens with zero attached hydrogens (tertiary/aromatic N) is 2. The Balaban J connectivity index is 1.48. The molecule has 1 fully saturated rings. The summed E-state index contributed by atoms with van der Waals surface area (Å²) in [6.45, 7) is 1.30. The Labute approximate surface area is 157 Å². The second-order valence-corrected chi connectivity index (χ2v) is 6.69. The number of nitrogens with one attached hydrogen (secondary N) is 2. The van der Waals surface area contributed by atoms with Crippen molar-refractivity contribution < 1.29 is 9.53 Å². The van der Waals surface area contributed by atoms with Crippen LogP contribution in [0, 0.1) is 0 Å². The van der Waals surface area contributed by atoms with Gasteiger partial charge in [0.05, 0.1) is 11.6 Å². The van der Waals surface area contributed by atoms with E-state index in [-0.39, 0.29) is 24.1 Å². The van der Waals surface area contributed by atoms with Gasteiger partial charge < -0.3 is 15.0 Å². The van der Waals surface area contributed by atoms with Gasteiger partial charge in [-0.05, 0) is 18.2 Å². The van der Waals surface area contributed by atoms with Gasteiger partial charge in [-0.3, -0.25) is 9.59 Å². The van der Waals surface area contributed by atoms with Gasteiger partial charge in [-0.25, -0.2) is 5.10 Å². The number of piperidine rings is 1. The average molecular weight is 375 g/mol. The summed E-state index contributed by atoms with van der Waals surface area (Å²) in [5, 5.41) is 9.39. The van der Waals surface area contributed by atoms with Crippen molar-refractivity contribution in [2.24, 2.45) is 0 Å². The first-order valence-corrected chi connectivity index (χ1v) is 8.89. The average Bonchev–Trinajstić information content (AvgIpc) is 2.64. The van der Waals surface area contributed by atoms with Crippen molar-refractivity contribution in [3.05, 3.63) is 45.8 Å². The number of ether oxygens (including phenoxy) is 1. The summed E-state index contributed by atoms with van der Waals surface area (Å²) in [4.78, 5) is 25.6. The number of aromatic nitrogens is 2. The first-order valence-electron chi connectivity index (χ1n) is 8.51. The highest BCUT2D eigenvalue weighted by atomic mass is 35.5. The topological polar surface area (TPSA) is 87.3 Å². The Morgan fingerprint density at radius 1 is 1.38 bits per heavy atom. The number of hydrogen-bond donors (Lipinski definition) is 2. The number of hydrogen-bond acceptors (Lipinski definition) is 5. The Morgan fingerprint density at radius 2 is 2.15 bits per heavy atom. The van der Waals surface area contributed by atoms with Gasteiger partial charge in [-0.15, -0.1) is 0 Å². The van der Waals surface area contributed by atoms with Crippen LogP contribution in [0.5, 0.6) is 5.75 Å². The second-order valence-electron chi connectivity index (χ2n) is 6.28. The zero-order valence-corrected chi connectivity index (χ0v) is 15.3. The van der Waals surface area contributed by atoms with Crippen LogP contribution >= 0.6 is 11.6 Å². The molecule has 3 rings (SSSR count). The van der Waals surface area contributed by atoms with Crippen LogP contribution in [-0.4, -0.2) is 54.6 Å². The first kappa shape index (κ1) is 18.3. The van der Waals surface area contributed by atoms with Gasteiger partial charge in [-0.1, -0.05) is 23.1 Å². The number of anilines is 1. The van der Waals surface area contributed by atoms with Crippen LogP contribution in [0.4, 0.5) is 5.69 Å². The van der Waals surface area contributed by atoms with Gasteiger partial charge in [0.15, 0.2) is 0 Å². The molecule has 0 radical (unpaired) electrons. The molecule has 0 saturated carbocycles. The molecule has 26 heavy (non-hydrogen) atoms. The number of H-pyrrole nitrogens is 1. The van der Waals surface area contributed by atoms with E-state index in [1.165, 1.54) is 12.3 Å². The maximum atomic E-state index is 12.3. The molecule has 1 aliphatic heterocycles. The largest absolute Gasteiger partial charge is 0.489 e. The molecule has 9 heteroatoms. The number of aromatic amines is 1. The summed E-state index contributed by atoms with van der Waals surface area (Å²) in [5.41, 5.74) is 1.08. The van der Waals surface area contributed by atoms with Gasteiger partial charge in [0.25, 0.3) is 5.56 Å². The van der Waals surface area contributed by atoms with E-state index in [9.17, 15) is 9.59 Å². The maximum absolute atomic E-state index is 12.3. The zero-order chi connectivity index (χ0) is 18.5. The predicted molar refractivity (Wildman–Crippen MR) is 103 cm³/mol. The summed E-state index contributed by atoms with van der Waals surface area (Å²) in [6, 6.07) is 7.24. The van der Waals surface area contributed by atoms with E-state index in [0.717, 1.165) is 18.3 Å². The highest BCUT2D eigenvalue weighted by Crippen LogP contribution is 2.26. The van der Waals surface area contributed by atoms with Crippen LogP contribution in [0.3, 0.4) is 0 Å². The Morgan fingerprint density at radius 3 is 2.88 bits per heavy atom. The second kappa shape index (κ2) is 8.27. The molecule has 1 aliphatic rings. The van der Waals surface area contributed by atoms with E-state index in [2.05, 4.69) is 15.5 Å². The van der Waals surface area contributed by atoms with Crippen LogP contribution in [0.2, 0.25) is 5.02 Å². The Kier molecular flexibility index (Phi) is 5.83. The van der Waals surface area contributed by atoms with Gasteiger partial charge in [-0.2, -0.15) is 5.10 Å². The third-order valence-corrected chi connectivity index (χ3v) is 4.64. The molecule has 2 aromatic rings. The Bertz CT molecular complexity index is 837. The first-order chi connectivity index (χ1) is 12.5. The van der Waals surface area contributed by atoms with E-state index in [1.54, 1.807) is 4.90 Å². The molecule has 2 heterocycles. The van der Waals surface area contributed by atoms with Crippen LogP contribution < -0.4 is 21.1 Å². The van der Waals surface area contributed by atoms with Gasteiger partial charge in [0, 0.05) is 32.1 Å².